The van der Waals surface area contributed by atoms with Crippen molar-refractivity contribution in [1.82, 2.24) is 25.1 Å². The van der Waals surface area contributed by atoms with Crippen LogP contribution in [0, 0.1) is 6.92 Å². The molecule has 4 aromatic rings. The molecule has 2 heterocycles. The first-order chi connectivity index (χ1) is 17.9. The van der Waals surface area contributed by atoms with Crippen LogP contribution in [-0.2, 0) is 4.79 Å². The molecule has 0 atom stereocenters. The lowest BCUT2D eigenvalue weighted by Crippen LogP contribution is -2.25. The molecular weight excluding hydrogens is 486 g/mol. The van der Waals surface area contributed by atoms with E-state index < -0.39 is 0 Å². The summed E-state index contributed by atoms with van der Waals surface area (Å²) in [5.74, 6) is 2.03. The molecule has 0 saturated carbocycles. The number of hydrogen-bond donors (Lipinski definition) is 3. The number of anilines is 3. The van der Waals surface area contributed by atoms with Crippen molar-refractivity contribution >= 4 is 45.9 Å². The van der Waals surface area contributed by atoms with Crippen molar-refractivity contribution < 1.29 is 9.53 Å². The van der Waals surface area contributed by atoms with E-state index in [1.54, 1.807) is 0 Å². The highest BCUT2D eigenvalue weighted by Crippen LogP contribution is 2.32. The second-order valence-corrected chi connectivity index (χ2v) is 9.67. The highest BCUT2D eigenvalue weighted by molar-refractivity contribution is 7.99. The Labute approximate surface area is 221 Å². The molecule has 2 aromatic heterocycles. The number of nitrogens with one attached hydrogen (secondary N) is 3. The van der Waals surface area contributed by atoms with Crippen LogP contribution in [0.5, 0.6) is 5.75 Å². The normalized spacial score (nSPS) is 11.2. The fourth-order valence-corrected chi connectivity index (χ4v) is 4.62. The third kappa shape index (κ3) is 7.43. The molecule has 0 aliphatic rings. The van der Waals surface area contributed by atoms with Gasteiger partial charge in [0.2, 0.25) is 5.91 Å². The van der Waals surface area contributed by atoms with Crippen molar-refractivity contribution in [3.05, 3.63) is 54.2 Å². The summed E-state index contributed by atoms with van der Waals surface area (Å²) in [6, 6.07) is 15.4. The predicted molar refractivity (Wildman–Crippen MR) is 149 cm³/mol. The number of aryl methyl sites for hydroxylation is 1. The van der Waals surface area contributed by atoms with E-state index in [2.05, 4.69) is 39.6 Å². The van der Waals surface area contributed by atoms with Crippen LogP contribution in [0.1, 0.15) is 32.9 Å². The summed E-state index contributed by atoms with van der Waals surface area (Å²) in [5, 5.41) is 14.8. The smallest absolute Gasteiger partial charge is 0.221 e. The van der Waals surface area contributed by atoms with Crippen molar-refractivity contribution in [2.75, 3.05) is 36.9 Å². The first-order valence-corrected chi connectivity index (χ1v) is 13.3. The molecule has 2 aromatic carbocycles. The van der Waals surface area contributed by atoms with Crippen LogP contribution in [0.3, 0.4) is 0 Å². The van der Waals surface area contributed by atoms with Gasteiger partial charge in [-0.2, -0.15) is 5.10 Å². The number of ether oxygens (including phenoxy) is 1. The van der Waals surface area contributed by atoms with E-state index in [4.69, 9.17) is 14.7 Å². The van der Waals surface area contributed by atoms with E-state index in [0.717, 1.165) is 59.0 Å². The third-order valence-corrected chi connectivity index (χ3v) is 6.64. The van der Waals surface area contributed by atoms with Crippen molar-refractivity contribution in [1.29, 1.82) is 0 Å². The Balaban J connectivity index is 1.57. The van der Waals surface area contributed by atoms with Gasteiger partial charge in [0.25, 0.3) is 0 Å². The SMILES string of the molecule is CCN(CC)CCCOc1ccc2c(Nc3cc(C)[nH]n3)nc(Sc3ccc(NC(C)=O)cc3)nc2c1. The Morgan fingerprint density at radius 2 is 1.86 bits per heavy atom. The van der Waals surface area contributed by atoms with Gasteiger partial charge in [-0.1, -0.05) is 13.8 Å². The van der Waals surface area contributed by atoms with Crippen LogP contribution < -0.4 is 15.4 Å². The zero-order chi connectivity index (χ0) is 26.2. The molecule has 0 bridgehead atoms. The molecule has 194 valence electrons. The number of H-pyrrole nitrogens is 1. The zero-order valence-corrected chi connectivity index (χ0v) is 22.5. The van der Waals surface area contributed by atoms with Gasteiger partial charge in [0.1, 0.15) is 11.6 Å². The van der Waals surface area contributed by atoms with Gasteiger partial charge in [-0.3, -0.25) is 9.89 Å². The quantitative estimate of drug-likeness (QED) is 0.163. The van der Waals surface area contributed by atoms with E-state index in [0.29, 0.717) is 23.4 Å². The van der Waals surface area contributed by atoms with E-state index >= 15 is 0 Å². The number of carbonyl (C=O) groups is 1. The number of aromatic nitrogens is 4. The lowest BCUT2D eigenvalue weighted by Gasteiger charge is -2.17. The lowest BCUT2D eigenvalue weighted by atomic mass is 10.2. The van der Waals surface area contributed by atoms with Gasteiger partial charge >= 0.3 is 0 Å². The number of carbonyl (C=O) groups excluding carboxylic acids is 1. The maximum absolute atomic E-state index is 11.3. The molecule has 9 nitrogen and oxygen atoms in total. The standard InChI is InChI=1S/C27H33N7O2S/c1-5-34(6-2)14-7-15-36-21-10-13-23-24(17-21)29-27(31-26(23)30-25-16-18(3)32-33-25)37-22-11-8-20(9-12-22)28-19(4)35/h8-13,16-17H,5-7,14-15H2,1-4H3,(H,28,35)(H2,29,30,31,32,33). The Hall–Kier alpha value is -3.63. The van der Waals surface area contributed by atoms with Crippen LogP contribution >= 0.6 is 11.8 Å². The first-order valence-electron chi connectivity index (χ1n) is 12.4. The van der Waals surface area contributed by atoms with E-state index in [-0.39, 0.29) is 5.91 Å². The van der Waals surface area contributed by atoms with Crippen molar-refractivity contribution in [3.8, 4) is 5.75 Å². The minimum Gasteiger partial charge on any atom is -0.493 e. The molecule has 37 heavy (non-hydrogen) atoms. The van der Waals surface area contributed by atoms with Gasteiger partial charge in [0.05, 0.1) is 12.1 Å². The van der Waals surface area contributed by atoms with Gasteiger partial charge < -0.3 is 20.3 Å². The number of amides is 1. The fraction of sp³-hybridized carbons (Fsp3) is 0.333. The van der Waals surface area contributed by atoms with Gasteiger partial charge in [-0.05, 0) is 74.6 Å². The maximum atomic E-state index is 11.3. The number of benzene rings is 2. The number of rotatable bonds is 12. The largest absolute Gasteiger partial charge is 0.493 e. The summed E-state index contributed by atoms with van der Waals surface area (Å²) < 4.78 is 6.05. The van der Waals surface area contributed by atoms with Crippen molar-refractivity contribution in [2.24, 2.45) is 0 Å². The number of fused-ring (bicyclic) bond motifs is 1. The average molecular weight is 520 g/mol. The fourth-order valence-electron chi connectivity index (χ4n) is 3.86. The van der Waals surface area contributed by atoms with Crippen LogP contribution in [0.25, 0.3) is 10.9 Å². The molecule has 0 radical (unpaired) electrons. The Morgan fingerprint density at radius 3 is 2.54 bits per heavy atom. The van der Waals surface area contributed by atoms with Crippen LogP contribution in [0.4, 0.5) is 17.3 Å². The summed E-state index contributed by atoms with van der Waals surface area (Å²) in [4.78, 5) is 24.3. The minimum absolute atomic E-state index is 0.103. The van der Waals surface area contributed by atoms with E-state index in [1.807, 2.05) is 55.5 Å². The second-order valence-electron chi connectivity index (χ2n) is 8.63. The second kappa shape index (κ2) is 12.6. The Kier molecular flexibility index (Phi) is 8.97. The van der Waals surface area contributed by atoms with Gasteiger partial charge in [0, 0.05) is 47.3 Å². The highest BCUT2D eigenvalue weighted by atomic mass is 32.2. The van der Waals surface area contributed by atoms with Crippen LogP contribution in [0.15, 0.2) is 58.6 Å². The average Bonchev–Trinajstić information content (AvgIpc) is 3.29. The molecule has 0 spiro atoms. The summed E-state index contributed by atoms with van der Waals surface area (Å²) in [6.45, 7) is 11.5. The van der Waals surface area contributed by atoms with Crippen LogP contribution in [0.2, 0.25) is 0 Å². The van der Waals surface area contributed by atoms with Crippen molar-refractivity contribution in [3.63, 3.8) is 0 Å². The first kappa shape index (κ1) is 26.4. The van der Waals surface area contributed by atoms with E-state index in [1.165, 1.54) is 18.7 Å². The van der Waals surface area contributed by atoms with Gasteiger partial charge in [0.15, 0.2) is 11.0 Å². The topological polar surface area (TPSA) is 108 Å². The molecule has 0 aliphatic heterocycles. The number of aromatic amines is 1. The maximum Gasteiger partial charge on any atom is 0.221 e. The molecule has 0 fully saturated rings. The predicted octanol–water partition coefficient (Wildman–Crippen LogP) is 5.63. The molecule has 0 unspecified atom stereocenters. The molecule has 0 aliphatic carbocycles. The monoisotopic (exact) mass is 519 g/mol. The van der Waals surface area contributed by atoms with Crippen molar-refractivity contribution in [2.45, 2.75) is 44.2 Å². The molecule has 1 amide bonds. The number of nitrogens with zero attached hydrogens (tertiary/aromatic N) is 4. The molecular formula is C27H33N7O2S. The Morgan fingerprint density at radius 1 is 1.08 bits per heavy atom. The minimum atomic E-state index is -0.103. The lowest BCUT2D eigenvalue weighted by molar-refractivity contribution is -0.114. The molecule has 10 heteroatoms. The highest BCUT2D eigenvalue weighted by Gasteiger charge is 2.12. The van der Waals surface area contributed by atoms with E-state index in [9.17, 15) is 4.79 Å². The van der Waals surface area contributed by atoms with Gasteiger partial charge in [-0.15, -0.1) is 0 Å². The zero-order valence-electron chi connectivity index (χ0n) is 21.7. The summed E-state index contributed by atoms with van der Waals surface area (Å²) in [5.41, 5.74) is 2.48. The molecule has 4 rings (SSSR count). The third-order valence-electron chi connectivity index (χ3n) is 5.77. The molecule has 0 saturated heterocycles. The number of hydrogen-bond acceptors (Lipinski definition) is 8. The summed E-state index contributed by atoms with van der Waals surface area (Å²) in [6.07, 6.45) is 0.963. The summed E-state index contributed by atoms with van der Waals surface area (Å²) in [7, 11) is 0. The van der Waals surface area contributed by atoms with Crippen LogP contribution in [-0.4, -0.2) is 57.2 Å². The van der Waals surface area contributed by atoms with Gasteiger partial charge in [-0.25, -0.2) is 9.97 Å². The summed E-state index contributed by atoms with van der Waals surface area (Å²) >= 11 is 1.45. The molecule has 3 N–H and O–H groups in total. The Bertz CT molecular complexity index is 1340.